The Labute approximate surface area is 147 Å². The van der Waals surface area contributed by atoms with E-state index in [1.807, 2.05) is 30.3 Å². The van der Waals surface area contributed by atoms with Crippen LogP contribution in [0.1, 0.15) is 18.4 Å². The highest BCUT2D eigenvalue weighted by atomic mass is 19.2. The number of nitrogens with zero attached hydrogens (tertiary/aromatic N) is 2. The summed E-state index contributed by atoms with van der Waals surface area (Å²) in [6.45, 7) is 0.190. The SMILES string of the molecule is O=C(Nc1ccc(F)c(F)c1F)C1=NN(Cc2ccccc2)C(=O)CC1. The maximum Gasteiger partial charge on any atom is 0.271 e. The number of hydrazone groups is 1. The van der Waals surface area contributed by atoms with E-state index in [0.717, 1.165) is 16.6 Å². The van der Waals surface area contributed by atoms with Crippen LogP contribution in [0, 0.1) is 17.5 Å². The van der Waals surface area contributed by atoms with Crippen LogP contribution in [0.4, 0.5) is 18.9 Å². The fourth-order valence-corrected chi connectivity index (χ4v) is 2.46. The molecular weight excluding hydrogens is 347 g/mol. The van der Waals surface area contributed by atoms with Crippen molar-refractivity contribution in [2.75, 3.05) is 5.32 Å². The summed E-state index contributed by atoms with van der Waals surface area (Å²) in [5.74, 6) is -5.54. The lowest BCUT2D eigenvalue weighted by atomic mass is 10.1. The number of anilines is 1. The minimum Gasteiger partial charge on any atom is -0.318 e. The summed E-state index contributed by atoms with van der Waals surface area (Å²) >= 11 is 0. The van der Waals surface area contributed by atoms with E-state index in [1.54, 1.807) is 0 Å². The average Bonchev–Trinajstić information content (AvgIpc) is 2.65. The van der Waals surface area contributed by atoms with Crippen molar-refractivity contribution in [1.29, 1.82) is 0 Å². The van der Waals surface area contributed by atoms with Crippen LogP contribution in [0.15, 0.2) is 47.6 Å². The van der Waals surface area contributed by atoms with E-state index in [9.17, 15) is 22.8 Å². The third kappa shape index (κ3) is 3.74. The summed E-state index contributed by atoms with van der Waals surface area (Å²) in [7, 11) is 0. The van der Waals surface area contributed by atoms with Gasteiger partial charge in [0.25, 0.3) is 5.91 Å². The maximum atomic E-state index is 13.7. The topological polar surface area (TPSA) is 61.8 Å². The summed E-state index contributed by atoms with van der Waals surface area (Å²) < 4.78 is 39.9. The minimum atomic E-state index is -1.67. The van der Waals surface area contributed by atoms with Crippen LogP contribution < -0.4 is 5.32 Å². The average molecular weight is 361 g/mol. The third-order valence-electron chi connectivity index (χ3n) is 3.83. The standard InChI is InChI=1S/C18H14F3N3O2/c19-12-6-7-13(17(21)16(12)20)22-18(26)14-8-9-15(25)24(23-14)10-11-4-2-1-3-5-11/h1-7H,8-10H2,(H,22,26). The van der Waals surface area contributed by atoms with Gasteiger partial charge in [0.1, 0.15) is 5.71 Å². The molecule has 0 bridgehead atoms. The molecule has 3 rings (SSSR count). The van der Waals surface area contributed by atoms with Crippen molar-refractivity contribution in [2.45, 2.75) is 19.4 Å². The summed E-state index contributed by atoms with van der Waals surface area (Å²) in [4.78, 5) is 24.3. The summed E-state index contributed by atoms with van der Waals surface area (Å²) in [6.07, 6.45) is 0.139. The Balaban J connectivity index is 1.77. The van der Waals surface area contributed by atoms with Crippen LogP contribution in [-0.4, -0.2) is 22.5 Å². The monoisotopic (exact) mass is 361 g/mol. The van der Waals surface area contributed by atoms with E-state index in [2.05, 4.69) is 10.4 Å². The second-order valence-corrected chi connectivity index (χ2v) is 5.66. The van der Waals surface area contributed by atoms with Crippen molar-refractivity contribution in [2.24, 2.45) is 5.10 Å². The lowest BCUT2D eigenvalue weighted by Gasteiger charge is -2.23. The van der Waals surface area contributed by atoms with Gasteiger partial charge in [0.05, 0.1) is 12.2 Å². The van der Waals surface area contributed by atoms with Gasteiger partial charge in [-0.3, -0.25) is 9.59 Å². The number of nitrogens with one attached hydrogen (secondary N) is 1. The quantitative estimate of drug-likeness (QED) is 0.850. The van der Waals surface area contributed by atoms with Gasteiger partial charge in [0.2, 0.25) is 5.91 Å². The Kier molecular flexibility index (Phi) is 5.01. The first-order chi connectivity index (χ1) is 12.5. The van der Waals surface area contributed by atoms with Crippen LogP contribution in [0.5, 0.6) is 0 Å². The van der Waals surface area contributed by atoms with Crippen molar-refractivity contribution < 1.29 is 22.8 Å². The van der Waals surface area contributed by atoms with E-state index >= 15 is 0 Å². The first-order valence-corrected chi connectivity index (χ1v) is 7.82. The largest absolute Gasteiger partial charge is 0.318 e. The van der Waals surface area contributed by atoms with Crippen LogP contribution >= 0.6 is 0 Å². The van der Waals surface area contributed by atoms with Crippen LogP contribution in [0.3, 0.4) is 0 Å². The van der Waals surface area contributed by atoms with Gasteiger partial charge in [-0.15, -0.1) is 0 Å². The number of amides is 2. The molecule has 26 heavy (non-hydrogen) atoms. The molecule has 8 heteroatoms. The predicted octanol–water partition coefficient (Wildman–Crippen LogP) is 3.22. The highest BCUT2D eigenvalue weighted by Crippen LogP contribution is 2.20. The van der Waals surface area contributed by atoms with Gasteiger partial charge >= 0.3 is 0 Å². The Morgan fingerprint density at radius 3 is 2.50 bits per heavy atom. The van der Waals surface area contributed by atoms with E-state index in [4.69, 9.17) is 0 Å². The number of rotatable bonds is 4. The van der Waals surface area contributed by atoms with Gasteiger partial charge in [0.15, 0.2) is 17.5 Å². The van der Waals surface area contributed by atoms with E-state index in [1.165, 1.54) is 0 Å². The molecule has 2 amide bonds. The molecule has 1 N–H and O–H groups in total. The number of hydrogen-bond donors (Lipinski definition) is 1. The molecule has 2 aromatic carbocycles. The molecule has 0 saturated carbocycles. The van der Waals surface area contributed by atoms with Crippen LogP contribution in [0.25, 0.3) is 0 Å². The Bertz CT molecular complexity index is 885. The highest BCUT2D eigenvalue weighted by Gasteiger charge is 2.25. The molecular formula is C18H14F3N3O2. The van der Waals surface area contributed by atoms with Gasteiger partial charge in [-0.25, -0.2) is 18.2 Å². The number of carbonyl (C=O) groups is 2. The molecule has 2 aromatic rings. The first-order valence-electron chi connectivity index (χ1n) is 7.82. The van der Waals surface area contributed by atoms with E-state index in [-0.39, 0.29) is 31.0 Å². The fraction of sp³-hybridized carbons (Fsp3) is 0.167. The van der Waals surface area contributed by atoms with Crippen molar-refractivity contribution in [3.05, 3.63) is 65.5 Å². The third-order valence-corrected chi connectivity index (χ3v) is 3.83. The molecule has 0 radical (unpaired) electrons. The zero-order chi connectivity index (χ0) is 18.7. The predicted molar refractivity (Wildman–Crippen MR) is 88.6 cm³/mol. The van der Waals surface area contributed by atoms with Crippen molar-refractivity contribution in [3.63, 3.8) is 0 Å². The number of hydrogen-bond acceptors (Lipinski definition) is 3. The first kappa shape index (κ1) is 17.7. The molecule has 0 aliphatic carbocycles. The molecule has 0 spiro atoms. The van der Waals surface area contributed by atoms with Crippen LogP contribution in [-0.2, 0) is 16.1 Å². The van der Waals surface area contributed by atoms with E-state index < -0.39 is 29.0 Å². The highest BCUT2D eigenvalue weighted by molar-refractivity contribution is 6.43. The molecule has 0 fully saturated rings. The van der Waals surface area contributed by atoms with Crippen molar-refractivity contribution >= 4 is 23.2 Å². The van der Waals surface area contributed by atoms with E-state index in [0.29, 0.717) is 6.07 Å². The summed E-state index contributed by atoms with van der Waals surface area (Å²) in [5, 5.41) is 7.34. The van der Waals surface area contributed by atoms with Crippen LogP contribution in [0.2, 0.25) is 0 Å². The Hall–Kier alpha value is -3.16. The molecule has 5 nitrogen and oxygen atoms in total. The second-order valence-electron chi connectivity index (χ2n) is 5.66. The summed E-state index contributed by atoms with van der Waals surface area (Å²) in [5.41, 5.74) is 0.339. The zero-order valence-corrected chi connectivity index (χ0v) is 13.5. The van der Waals surface area contributed by atoms with Gasteiger partial charge < -0.3 is 5.32 Å². The minimum absolute atomic E-state index is 0.00432. The van der Waals surface area contributed by atoms with Gasteiger partial charge in [-0.1, -0.05) is 30.3 Å². The maximum absolute atomic E-state index is 13.7. The lowest BCUT2D eigenvalue weighted by molar-refractivity contribution is -0.132. The molecule has 1 aliphatic rings. The van der Waals surface area contributed by atoms with Crippen molar-refractivity contribution in [3.8, 4) is 0 Å². The molecule has 1 heterocycles. The second kappa shape index (κ2) is 7.38. The van der Waals surface area contributed by atoms with Gasteiger partial charge in [0, 0.05) is 12.8 Å². The zero-order valence-electron chi connectivity index (χ0n) is 13.5. The number of carbonyl (C=O) groups excluding carboxylic acids is 2. The van der Waals surface area contributed by atoms with Gasteiger partial charge in [-0.2, -0.15) is 5.10 Å². The molecule has 134 valence electrons. The molecule has 0 unspecified atom stereocenters. The molecule has 0 aromatic heterocycles. The fourth-order valence-electron chi connectivity index (χ4n) is 2.46. The smallest absolute Gasteiger partial charge is 0.271 e. The number of halogens is 3. The molecule has 0 saturated heterocycles. The Morgan fingerprint density at radius 1 is 1.04 bits per heavy atom. The van der Waals surface area contributed by atoms with Crippen molar-refractivity contribution in [1.82, 2.24) is 5.01 Å². The molecule has 0 atom stereocenters. The lowest BCUT2D eigenvalue weighted by Crippen LogP contribution is -2.36. The summed E-state index contributed by atoms with van der Waals surface area (Å²) in [6, 6.07) is 10.7. The number of benzene rings is 2. The Morgan fingerprint density at radius 2 is 1.77 bits per heavy atom. The molecule has 1 aliphatic heterocycles. The van der Waals surface area contributed by atoms with Gasteiger partial charge in [-0.05, 0) is 17.7 Å². The normalized spacial score (nSPS) is 14.2.